The van der Waals surface area contributed by atoms with Gasteiger partial charge in [-0.15, -0.1) is 24.5 Å². The highest BCUT2D eigenvalue weighted by atomic mass is 32.1. The first-order chi connectivity index (χ1) is 17.6. The average molecular weight is 532 g/mol. The summed E-state index contributed by atoms with van der Waals surface area (Å²) in [5.41, 5.74) is 1.05. The Hall–Kier alpha value is -4.13. The molecule has 3 aromatic rings. The number of carbonyl (C=O) groups is 3. The minimum atomic E-state index is -4.83. The van der Waals surface area contributed by atoms with Crippen LogP contribution in [0.4, 0.5) is 35.0 Å². The summed E-state index contributed by atoms with van der Waals surface area (Å²) in [5.74, 6) is -1.01. The van der Waals surface area contributed by atoms with Crippen LogP contribution in [0.2, 0.25) is 0 Å². The number of ether oxygens (including phenoxy) is 1. The molecule has 4 amide bonds. The topological polar surface area (TPSA) is 104 Å². The van der Waals surface area contributed by atoms with Crippen molar-refractivity contribution in [2.75, 3.05) is 23.3 Å². The molecule has 2 aliphatic heterocycles. The van der Waals surface area contributed by atoms with E-state index < -0.39 is 24.1 Å². The highest BCUT2D eigenvalue weighted by molar-refractivity contribution is 7.21. The van der Waals surface area contributed by atoms with Gasteiger partial charge in [0, 0.05) is 25.3 Å². The van der Waals surface area contributed by atoms with E-state index in [-0.39, 0.29) is 16.8 Å². The maximum atomic E-state index is 13.2. The molecule has 4 heterocycles. The van der Waals surface area contributed by atoms with Crippen LogP contribution in [-0.4, -0.2) is 53.2 Å². The van der Waals surface area contributed by atoms with E-state index in [9.17, 15) is 27.6 Å². The Kier molecular flexibility index (Phi) is 6.23. The van der Waals surface area contributed by atoms with E-state index in [1.54, 1.807) is 11.0 Å². The third-order valence-corrected chi connectivity index (χ3v) is 7.12. The van der Waals surface area contributed by atoms with Gasteiger partial charge < -0.3 is 20.3 Å². The standard InChI is InChI=1S/C24H20F3N5O4S/c1-2-17(33)31-11-3-4-13(12-31)29-21(34)20-19-18-16(9-10-28-22(18)37-20)32(23(35)30-19)14-5-7-15(8-6-14)36-24(25,26)27/h2,5-10,13H,1,3-4,11-12H2,(H,29,34)(H,30,35)/t13-/m1/s1. The molecule has 13 heteroatoms. The van der Waals surface area contributed by atoms with Gasteiger partial charge in [0.2, 0.25) is 5.91 Å². The molecule has 1 saturated heterocycles. The highest BCUT2D eigenvalue weighted by Crippen LogP contribution is 2.45. The maximum Gasteiger partial charge on any atom is 0.573 e. The van der Waals surface area contributed by atoms with Crippen molar-refractivity contribution in [3.05, 3.63) is 54.1 Å². The number of likely N-dealkylation sites (tertiary alicyclic amines) is 1. The Morgan fingerprint density at radius 2 is 2.00 bits per heavy atom. The lowest BCUT2D eigenvalue weighted by Gasteiger charge is -2.32. The number of rotatable bonds is 5. The van der Waals surface area contributed by atoms with Crippen LogP contribution < -0.4 is 20.3 Å². The second-order valence-electron chi connectivity index (χ2n) is 8.42. The van der Waals surface area contributed by atoms with Crippen molar-refractivity contribution >= 4 is 56.5 Å². The number of carbonyl (C=O) groups excluding carboxylic acids is 3. The normalized spacial score (nSPS) is 17.4. The van der Waals surface area contributed by atoms with E-state index in [2.05, 4.69) is 26.9 Å². The first-order valence-electron chi connectivity index (χ1n) is 11.2. The third kappa shape index (κ3) is 4.81. The number of benzene rings is 1. The van der Waals surface area contributed by atoms with Crippen LogP contribution >= 0.6 is 11.3 Å². The van der Waals surface area contributed by atoms with Crippen LogP contribution in [0.3, 0.4) is 0 Å². The number of alkyl halides is 3. The molecule has 1 atom stereocenters. The van der Waals surface area contributed by atoms with E-state index >= 15 is 0 Å². The molecule has 192 valence electrons. The molecule has 0 saturated carbocycles. The highest BCUT2D eigenvalue weighted by Gasteiger charge is 2.34. The Morgan fingerprint density at radius 1 is 1.24 bits per heavy atom. The number of halogens is 3. The lowest BCUT2D eigenvalue weighted by molar-refractivity contribution is -0.274. The number of thiophene rings is 1. The molecule has 0 spiro atoms. The van der Waals surface area contributed by atoms with Gasteiger partial charge in [0.15, 0.2) is 0 Å². The van der Waals surface area contributed by atoms with Crippen molar-refractivity contribution in [2.45, 2.75) is 25.2 Å². The average Bonchev–Trinajstić information content (AvgIpc) is 3.23. The molecule has 0 aliphatic carbocycles. The predicted molar refractivity (Wildman–Crippen MR) is 131 cm³/mol. The molecule has 2 aliphatic rings. The summed E-state index contributed by atoms with van der Waals surface area (Å²) in [4.78, 5) is 46.4. The summed E-state index contributed by atoms with van der Waals surface area (Å²) < 4.78 is 41.4. The molecule has 5 rings (SSSR count). The predicted octanol–water partition coefficient (Wildman–Crippen LogP) is 4.79. The molecule has 2 aromatic heterocycles. The van der Waals surface area contributed by atoms with Crippen molar-refractivity contribution in [1.82, 2.24) is 15.2 Å². The molecule has 1 aromatic carbocycles. The first kappa shape index (κ1) is 24.6. The Balaban J connectivity index is 1.43. The number of hydrogen-bond acceptors (Lipinski definition) is 6. The van der Waals surface area contributed by atoms with Crippen LogP contribution in [0.1, 0.15) is 22.5 Å². The maximum absolute atomic E-state index is 13.2. The number of hydrogen-bond donors (Lipinski definition) is 2. The van der Waals surface area contributed by atoms with Crippen molar-refractivity contribution in [2.24, 2.45) is 0 Å². The summed E-state index contributed by atoms with van der Waals surface area (Å²) in [5, 5.41) is 6.23. The Morgan fingerprint density at radius 3 is 2.70 bits per heavy atom. The molecular formula is C24H20F3N5O4S. The number of nitrogens with one attached hydrogen (secondary N) is 2. The number of nitrogens with zero attached hydrogens (tertiary/aromatic N) is 3. The molecule has 0 unspecified atom stereocenters. The number of piperidine rings is 1. The van der Waals surface area contributed by atoms with E-state index in [4.69, 9.17) is 0 Å². The molecule has 0 radical (unpaired) electrons. The number of amides is 4. The molecule has 37 heavy (non-hydrogen) atoms. The zero-order valence-corrected chi connectivity index (χ0v) is 20.0. The second-order valence-corrected chi connectivity index (χ2v) is 9.42. The smallest absolute Gasteiger partial charge is 0.406 e. The van der Waals surface area contributed by atoms with Gasteiger partial charge in [0.05, 0.1) is 22.4 Å². The molecule has 1 fully saturated rings. The summed E-state index contributed by atoms with van der Waals surface area (Å²) >= 11 is 1.11. The van der Waals surface area contributed by atoms with Crippen LogP contribution in [0.15, 0.2) is 49.2 Å². The fourth-order valence-corrected chi connectivity index (χ4v) is 5.50. The van der Waals surface area contributed by atoms with Crippen molar-refractivity contribution in [1.29, 1.82) is 0 Å². The number of anilines is 3. The minimum absolute atomic E-state index is 0.199. The fourth-order valence-electron chi connectivity index (χ4n) is 4.47. The van der Waals surface area contributed by atoms with E-state index in [0.717, 1.165) is 29.9 Å². The summed E-state index contributed by atoms with van der Waals surface area (Å²) in [6, 6.07) is 5.64. The third-order valence-electron chi connectivity index (χ3n) is 6.02. The largest absolute Gasteiger partial charge is 0.573 e. The molecule has 0 bridgehead atoms. The molecular weight excluding hydrogens is 511 g/mol. The van der Waals surface area contributed by atoms with Gasteiger partial charge in [0.25, 0.3) is 5.91 Å². The van der Waals surface area contributed by atoms with Gasteiger partial charge >= 0.3 is 12.4 Å². The van der Waals surface area contributed by atoms with Gasteiger partial charge in [-0.1, -0.05) is 6.58 Å². The van der Waals surface area contributed by atoms with Gasteiger partial charge in [-0.2, -0.15) is 0 Å². The lowest BCUT2D eigenvalue weighted by Crippen LogP contribution is -2.49. The zero-order chi connectivity index (χ0) is 26.3. The van der Waals surface area contributed by atoms with Gasteiger partial charge in [-0.25, -0.2) is 9.78 Å². The zero-order valence-electron chi connectivity index (χ0n) is 19.2. The van der Waals surface area contributed by atoms with Gasteiger partial charge in [-0.3, -0.25) is 14.5 Å². The van der Waals surface area contributed by atoms with Crippen LogP contribution in [0.5, 0.6) is 5.75 Å². The number of pyridine rings is 1. The SMILES string of the molecule is C=CC(=O)N1CCC[C@@H](NC(=O)c2sc3nccc4c3c2NC(=O)N4c2ccc(OC(F)(F)F)cc2)C1. The number of urea groups is 1. The minimum Gasteiger partial charge on any atom is -0.406 e. The molecule has 2 N–H and O–H groups in total. The Bertz CT molecular complexity index is 1410. The summed E-state index contributed by atoms with van der Waals surface area (Å²) in [6.07, 6.45) is -0.669. The van der Waals surface area contributed by atoms with Crippen molar-refractivity contribution in [3.8, 4) is 5.75 Å². The van der Waals surface area contributed by atoms with Gasteiger partial charge in [0.1, 0.15) is 15.5 Å². The van der Waals surface area contributed by atoms with Crippen LogP contribution in [0.25, 0.3) is 10.2 Å². The van der Waals surface area contributed by atoms with E-state index in [1.165, 1.54) is 29.3 Å². The fraction of sp³-hybridized carbons (Fsp3) is 0.250. The van der Waals surface area contributed by atoms with Crippen LogP contribution in [-0.2, 0) is 4.79 Å². The van der Waals surface area contributed by atoms with Crippen molar-refractivity contribution < 1.29 is 32.3 Å². The molecule has 9 nitrogen and oxygen atoms in total. The van der Waals surface area contributed by atoms with E-state index in [0.29, 0.717) is 46.8 Å². The quantitative estimate of drug-likeness (QED) is 0.461. The lowest BCUT2D eigenvalue weighted by atomic mass is 10.1. The first-order valence-corrected chi connectivity index (χ1v) is 12.1. The van der Waals surface area contributed by atoms with Gasteiger partial charge in [-0.05, 0) is 49.2 Å². The second kappa shape index (κ2) is 9.39. The summed E-state index contributed by atoms with van der Waals surface area (Å²) in [6.45, 7) is 4.45. The Labute approximate surface area is 212 Å². The monoisotopic (exact) mass is 531 g/mol. The van der Waals surface area contributed by atoms with E-state index in [1.807, 2.05) is 0 Å². The van der Waals surface area contributed by atoms with Crippen molar-refractivity contribution in [3.63, 3.8) is 0 Å². The van der Waals surface area contributed by atoms with Crippen LogP contribution in [0, 0.1) is 0 Å². The summed E-state index contributed by atoms with van der Waals surface area (Å²) in [7, 11) is 0. The number of aromatic nitrogens is 1.